The SMILES string of the molecule is CC1CCCN(C(=O)C2CC(=O)N(CCc3cccc(Cl)c3)C2)C1. The fourth-order valence-corrected chi connectivity index (χ4v) is 3.97. The Hall–Kier alpha value is -1.55. The molecule has 0 radical (unpaired) electrons. The molecule has 2 heterocycles. The first-order chi connectivity index (χ1) is 11.5. The monoisotopic (exact) mass is 348 g/mol. The lowest BCUT2D eigenvalue weighted by molar-refractivity contribution is -0.137. The molecule has 2 unspecified atom stereocenters. The predicted octanol–water partition coefficient (Wildman–Crippen LogP) is 2.99. The van der Waals surface area contributed by atoms with Gasteiger partial charge in [-0.1, -0.05) is 30.7 Å². The molecular weight excluding hydrogens is 324 g/mol. The van der Waals surface area contributed by atoms with Crippen molar-refractivity contribution in [2.75, 3.05) is 26.2 Å². The van der Waals surface area contributed by atoms with E-state index >= 15 is 0 Å². The molecule has 2 fully saturated rings. The Balaban J connectivity index is 1.54. The van der Waals surface area contributed by atoms with Crippen molar-refractivity contribution in [3.05, 3.63) is 34.9 Å². The van der Waals surface area contributed by atoms with Crippen molar-refractivity contribution in [3.63, 3.8) is 0 Å². The van der Waals surface area contributed by atoms with Crippen LogP contribution in [0.3, 0.4) is 0 Å². The molecule has 2 aliphatic heterocycles. The summed E-state index contributed by atoms with van der Waals surface area (Å²) in [6, 6.07) is 7.72. The summed E-state index contributed by atoms with van der Waals surface area (Å²) in [7, 11) is 0. The summed E-state index contributed by atoms with van der Waals surface area (Å²) in [5.41, 5.74) is 1.12. The molecule has 0 bridgehead atoms. The first kappa shape index (κ1) is 17.3. The smallest absolute Gasteiger partial charge is 0.228 e. The minimum absolute atomic E-state index is 0.0976. The number of carbonyl (C=O) groups is 2. The van der Waals surface area contributed by atoms with Crippen LogP contribution in [-0.4, -0.2) is 47.8 Å². The van der Waals surface area contributed by atoms with Crippen molar-refractivity contribution in [2.24, 2.45) is 11.8 Å². The quantitative estimate of drug-likeness (QED) is 0.839. The molecule has 130 valence electrons. The maximum absolute atomic E-state index is 12.7. The number of halogens is 1. The molecule has 0 N–H and O–H groups in total. The summed E-state index contributed by atoms with van der Waals surface area (Å²) in [6.07, 6.45) is 3.40. The number of rotatable bonds is 4. The van der Waals surface area contributed by atoms with Crippen LogP contribution in [0.25, 0.3) is 0 Å². The summed E-state index contributed by atoms with van der Waals surface area (Å²) in [4.78, 5) is 28.7. The number of likely N-dealkylation sites (tertiary alicyclic amines) is 2. The molecule has 2 aliphatic rings. The highest BCUT2D eigenvalue weighted by Gasteiger charge is 2.37. The van der Waals surface area contributed by atoms with Crippen molar-refractivity contribution in [3.8, 4) is 0 Å². The second-order valence-corrected chi connectivity index (χ2v) is 7.59. The van der Waals surface area contributed by atoms with E-state index in [-0.39, 0.29) is 17.7 Å². The molecule has 4 nitrogen and oxygen atoms in total. The lowest BCUT2D eigenvalue weighted by atomic mass is 9.98. The summed E-state index contributed by atoms with van der Waals surface area (Å²) in [6.45, 7) is 5.08. The van der Waals surface area contributed by atoms with Gasteiger partial charge in [-0.3, -0.25) is 9.59 Å². The third-order valence-electron chi connectivity index (χ3n) is 5.09. The van der Waals surface area contributed by atoms with Crippen molar-refractivity contribution < 1.29 is 9.59 Å². The third-order valence-corrected chi connectivity index (χ3v) is 5.33. The van der Waals surface area contributed by atoms with Crippen LogP contribution >= 0.6 is 11.6 Å². The molecule has 2 atom stereocenters. The average Bonchev–Trinajstić information content (AvgIpc) is 2.93. The number of amides is 2. The van der Waals surface area contributed by atoms with Crippen molar-refractivity contribution >= 4 is 23.4 Å². The van der Waals surface area contributed by atoms with E-state index in [0.717, 1.165) is 31.5 Å². The Morgan fingerprint density at radius 2 is 2.17 bits per heavy atom. The number of nitrogens with zero attached hydrogens (tertiary/aromatic N) is 2. The zero-order chi connectivity index (χ0) is 17.1. The van der Waals surface area contributed by atoms with Crippen LogP contribution in [0.15, 0.2) is 24.3 Å². The van der Waals surface area contributed by atoms with Gasteiger partial charge in [-0.25, -0.2) is 0 Å². The van der Waals surface area contributed by atoms with Crippen LogP contribution in [-0.2, 0) is 16.0 Å². The van der Waals surface area contributed by atoms with Crippen LogP contribution < -0.4 is 0 Å². The predicted molar refractivity (Wildman–Crippen MR) is 94.8 cm³/mol. The Kier molecular flexibility index (Phi) is 5.44. The summed E-state index contributed by atoms with van der Waals surface area (Å²) in [5.74, 6) is 0.668. The van der Waals surface area contributed by atoms with Crippen molar-refractivity contribution in [2.45, 2.75) is 32.6 Å². The van der Waals surface area contributed by atoms with Gasteiger partial charge < -0.3 is 9.80 Å². The first-order valence-electron chi connectivity index (χ1n) is 8.84. The zero-order valence-electron chi connectivity index (χ0n) is 14.2. The Labute approximate surface area is 148 Å². The van der Waals surface area contributed by atoms with Gasteiger partial charge in [0.1, 0.15) is 0 Å². The fourth-order valence-electron chi connectivity index (χ4n) is 3.76. The van der Waals surface area contributed by atoms with Crippen molar-refractivity contribution in [1.29, 1.82) is 0 Å². The van der Waals surface area contributed by atoms with Gasteiger partial charge in [0, 0.05) is 37.6 Å². The molecule has 1 aromatic rings. The molecule has 2 amide bonds. The Bertz CT molecular complexity index is 619. The lowest BCUT2D eigenvalue weighted by Crippen LogP contribution is -2.43. The number of carbonyl (C=O) groups excluding carboxylic acids is 2. The van der Waals surface area contributed by atoms with E-state index in [1.807, 2.05) is 34.1 Å². The largest absolute Gasteiger partial charge is 0.342 e. The maximum atomic E-state index is 12.7. The summed E-state index contributed by atoms with van der Waals surface area (Å²) < 4.78 is 0. The fraction of sp³-hybridized carbons (Fsp3) is 0.579. The summed E-state index contributed by atoms with van der Waals surface area (Å²) in [5, 5.41) is 0.715. The van der Waals surface area contributed by atoms with E-state index < -0.39 is 0 Å². The molecule has 3 rings (SSSR count). The zero-order valence-corrected chi connectivity index (χ0v) is 15.0. The second kappa shape index (κ2) is 7.56. The van der Waals surface area contributed by atoms with E-state index in [0.29, 0.717) is 30.5 Å². The highest BCUT2D eigenvalue weighted by molar-refractivity contribution is 6.30. The van der Waals surface area contributed by atoms with E-state index in [1.165, 1.54) is 6.42 Å². The van der Waals surface area contributed by atoms with Gasteiger partial charge in [-0.05, 0) is 42.9 Å². The molecule has 0 saturated carbocycles. The van der Waals surface area contributed by atoms with Crippen LogP contribution in [0, 0.1) is 11.8 Å². The van der Waals surface area contributed by atoms with Crippen LogP contribution in [0.5, 0.6) is 0 Å². The van der Waals surface area contributed by atoms with Gasteiger partial charge in [0.25, 0.3) is 0 Å². The van der Waals surface area contributed by atoms with Gasteiger partial charge in [-0.2, -0.15) is 0 Å². The number of benzene rings is 1. The Morgan fingerprint density at radius 3 is 2.92 bits per heavy atom. The Morgan fingerprint density at radius 1 is 1.33 bits per heavy atom. The van der Waals surface area contributed by atoms with Crippen LogP contribution in [0.2, 0.25) is 5.02 Å². The van der Waals surface area contributed by atoms with Crippen LogP contribution in [0.4, 0.5) is 0 Å². The minimum Gasteiger partial charge on any atom is -0.342 e. The minimum atomic E-state index is -0.165. The highest BCUT2D eigenvalue weighted by atomic mass is 35.5. The standard InChI is InChI=1S/C19H25ClN2O2/c1-14-4-3-8-22(12-14)19(24)16-11-18(23)21(13-16)9-7-15-5-2-6-17(20)10-15/h2,5-6,10,14,16H,3-4,7-9,11-13H2,1H3. The number of piperidine rings is 1. The molecular formula is C19H25ClN2O2. The molecule has 5 heteroatoms. The highest BCUT2D eigenvalue weighted by Crippen LogP contribution is 2.24. The molecule has 2 saturated heterocycles. The topological polar surface area (TPSA) is 40.6 Å². The normalized spacial score (nSPS) is 24.5. The molecule has 24 heavy (non-hydrogen) atoms. The first-order valence-corrected chi connectivity index (χ1v) is 9.21. The van der Waals surface area contributed by atoms with Gasteiger partial charge in [0.2, 0.25) is 11.8 Å². The lowest BCUT2D eigenvalue weighted by Gasteiger charge is -2.32. The van der Waals surface area contributed by atoms with E-state index in [4.69, 9.17) is 11.6 Å². The van der Waals surface area contributed by atoms with Crippen molar-refractivity contribution in [1.82, 2.24) is 9.80 Å². The van der Waals surface area contributed by atoms with Crippen LogP contribution in [0.1, 0.15) is 31.7 Å². The molecule has 1 aromatic carbocycles. The number of hydrogen-bond acceptors (Lipinski definition) is 2. The van der Waals surface area contributed by atoms with Gasteiger partial charge >= 0.3 is 0 Å². The maximum Gasteiger partial charge on any atom is 0.228 e. The molecule has 0 spiro atoms. The van der Waals surface area contributed by atoms with Gasteiger partial charge in [0.15, 0.2) is 0 Å². The molecule has 0 aromatic heterocycles. The summed E-state index contributed by atoms with van der Waals surface area (Å²) >= 11 is 6.00. The van der Waals surface area contributed by atoms with Gasteiger partial charge in [0.05, 0.1) is 5.92 Å². The second-order valence-electron chi connectivity index (χ2n) is 7.15. The van der Waals surface area contributed by atoms with Gasteiger partial charge in [-0.15, -0.1) is 0 Å². The van der Waals surface area contributed by atoms with E-state index in [9.17, 15) is 9.59 Å². The third kappa shape index (κ3) is 4.10. The van der Waals surface area contributed by atoms with E-state index in [2.05, 4.69) is 6.92 Å². The molecule has 0 aliphatic carbocycles. The number of hydrogen-bond donors (Lipinski definition) is 0. The average molecular weight is 349 g/mol. The van der Waals surface area contributed by atoms with E-state index in [1.54, 1.807) is 0 Å².